The van der Waals surface area contributed by atoms with Gasteiger partial charge >= 0.3 is 5.63 Å². The molecular formula is C21H19BrN2O3. The Morgan fingerprint density at radius 3 is 2.41 bits per heavy atom. The molecule has 0 saturated carbocycles. The standard InChI is InChI=1S/C21H19BrN2O3/c1-14-2-5-17(6-3-14)23-8-10-24(11-9-23)20(25)18-13-15-12-16(22)4-7-19(15)27-21(18)26/h2-7,12-13H,8-11H2,1H3. The summed E-state index contributed by atoms with van der Waals surface area (Å²) in [6, 6.07) is 15.4. The van der Waals surface area contributed by atoms with Crippen LogP contribution in [0.3, 0.4) is 0 Å². The normalized spacial score (nSPS) is 14.6. The minimum Gasteiger partial charge on any atom is -0.422 e. The molecule has 0 spiro atoms. The van der Waals surface area contributed by atoms with Crippen molar-refractivity contribution in [1.82, 2.24) is 4.90 Å². The van der Waals surface area contributed by atoms with Gasteiger partial charge in [0.25, 0.3) is 5.91 Å². The molecule has 2 heterocycles. The Kier molecular flexibility index (Phi) is 4.74. The molecule has 27 heavy (non-hydrogen) atoms. The number of carbonyl (C=O) groups excluding carboxylic acids is 1. The first-order valence-electron chi connectivity index (χ1n) is 8.85. The van der Waals surface area contributed by atoms with E-state index in [1.165, 1.54) is 5.56 Å². The molecule has 1 amide bonds. The van der Waals surface area contributed by atoms with Crippen molar-refractivity contribution in [1.29, 1.82) is 0 Å². The Balaban J connectivity index is 1.52. The molecule has 0 aliphatic carbocycles. The van der Waals surface area contributed by atoms with Crippen LogP contribution in [0.15, 0.2) is 62.2 Å². The van der Waals surface area contributed by atoms with Gasteiger partial charge in [-0.1, -0.05) is 33.6 Å². The molecule has 1 aromatic heterocycles. The lowest BCUT2D eigenvalue weighted by Crippen LogP contribution is -2.49. The van der Waals surface area contributed by atoms with Crippen molar-refractivity contribution in [3.05, 3.63) is 74.6 Å². The molecule has 0 N–H and O–H groups in total. The second-order valence-corrected chi connectivity index (χ2v) is 7.66. The third-order valence-corrected chi connectivity index (χ3v) is 5.38. The SMILES string of the molecule is Cc1ccc(N2CCN(C(=O)c3cc4cc(Br)ccc4oc3=O)CC2)cc1. The third-order valence-electron chi connectivity index (χ3n) is 4.89. The van der Waals surface area contributed by atoms with Gasteiger partial charge in [0.1, 0.15) is 11.1 Å². The van der Waals surface area contributed by atoms with Crippen molar-refractivity contribution in [2.24, 2.45) is 0 Å². The van der Waals surface area contributed by atoms with Crippen LogP contribution in [-0.2, 0) is 0 Å². The Morgan fingerprint density at radius 1 is 1.00 bits per heavy atom. The number of fused-ring (bicyclic) bond motifs is 1. The van der Waals surface area contributed by atoms with Crippen LogP contribution in [0.2, 0.25) is 0 Å². The fourth-order valence-corrected chi connectivity index (χ4v) is 3.72. The van der Waals surface area contributed by atoms with Gasteiger partial charge in [0.15, 0.2) is 0 Å². The highest BCUT2D eigenvalue weighted by molar-refractivity contribution is 9.10. The van der Waals surface area contributed by atoms with Crippen LogP contribution in [0.4, 0.5) is 5.69 Å². The summed E-state index contributed by atoms with van der Waals surface area (Å²) in [5.74, 6) is -0.269. The fourth-order valence-electron chi connectivity index (χ4n) is 3.34. The van der Waals surface area contributed by atoms with Gasteiger partial charge in [-0.2, -0.15) is 0 Å². The van der Waals surface area contributed by atoms with E-state index in [0.29, 0.717) is 18.7 Å². The molecule has 1 fully saturated rings. The van der Waals surface area contributed by atoms with Gasteiger partial charge in [-0.3, -0.25) is 4.79 Å². The van der Waals surface area contributed by atoms with E-state index in [9.17, 15) is 9.59 Å². The van der Waals surface area contributed by atoms with Crippen molar-refractivity contribution in [2.45, 2.75) is 6.92 Å². The zero-order valence-corrected chi connectivity index (χ0v) is 16.5. The molecule has 5 nitrogen and oxygen atoms in total. The molecule has 138 valence electrons. The van der Waals surface area contributed by atoms with Crippen LogP contribution >= 0.6 is 15.9 Å². The number of hydrogen-bond acceptors (Lipinski definition) is 4. The van der Waals surface area contributed by atoms with E-state index < -0.39 is 5.63 Å². The summed E-state index contributed by atoms with van der Waals surface area (Å²) in [6.45, 7) is 4.68. The van der Waals surface area contributed by atoms with Crippen LogP contribution in [0, 0.1) is 6.92 Å². The molecule has 3 aromatic rings. The summed E-state index contributed by atoms with van der Waals surface area (Å²) < 4.78 is 6.20. The maximum atomic E-state index is 12.9. The van der Waals surface area contributed by atoms with Gasteiger partial charge in [-0.15, -0.1) is 0 Å². The maximum Gasteiger partial charge on any atom is 0.349 e. The molecule has 1 aliphatic rings. The second-order valence-electron chi connectivity index (χ2n) is 6.74. The smallest absolute Gasteiger partial charge is 0.349 e. The van der Waals surface area contributed by atoms with E-state index in [4.69, 9.17) is 4.42 Å². The number of halogens is 1. The zero-order chi connectivity index (χ0) is 19.0. The number of amides is 1. The summed E-state index contributed by atoms with van der Waals surface area (Å²) in [6.07, 6.45) is 0. The minimum atomic E-state index is -0.587. The van der Waals surface area contributed by atoms with Gasteiger partial charge in [0, 0.05) is 41.7 Å². The number of nitrogens with zero attached hydrogens (tertiary/aromatic N) is 2. The number of piperazine rings is 1. The second kappa shape index (κ2) is 7.19. The van der Waals surface area contributed by atoms with Crippen molar-refractivity contribution < 1.29 is 9.21 Å². The monoisotopic (exact) mass is 426 g/mol. The minimum absolute atomic E-state index is 0.0874. The predicted octanol–water partition coefficient (Wildman–Crippen LogP) is 3.83. The Labute approximate surface area is 165 Å². The number of benzene rings is 2. The number of carbonyl (C=O) groups is 1. The lowest BCUT2D eigenvalue weighted by molar-refractivity contribution is 0.0742. The molecular weight excluding hydrogens is 408 g/mol. The van der Waals surface area contributed by atoms with E-state index in [1.54, 1.807) is 23.1 Å². The van der Waals surface area contributed by atoms with Crippen LogP contribution in [0.1, 0.15) is 15.9 Å². The molecule has 4 rings (SSSR count). The summed E-state index contributed by atoms with van der Waals surface area (Å²) >= 11 is 3.40. The molecule has 0 radical (unpaired) electrons. The summed E-state index contributed by atoms with van der Waals surface area (Å²) in [5, 5.41) is 0.727. The zero-order valence-electron chi connectivity index (χ0n) is 14.9. The van der Waals surface area contributed by atoms with Gasteiger partial charge in [0.2, 0.25) is 0 Å². The first-order chi connectivity index (χ1) is 13.0. The fraction of sp³-hybridized carbons (Fsp3) is 0.238. The summed E-state index contributed by atoms with van der Waals surface area (Å²) in [5.41, 5.74) is 2.36. The highest BCUT2D eigenvalue weighted by Crippen LogP contribution is 2.21. The number of anilines is 1. The molecule has 1 saturated heterocycles. The van der Waals surface area contributed by atoms with Crippen molar-refractivity contribution in [3.8, 4) is 0 Å². The first-order valence-corrected chi connectivity index (χ1v) is 9.65. The van der Waals surface area contributed by atoms with E-state index in [1.807, 2.05) is 6.07 Å². The third kappa shape index (κ3) is 3.62. The first kappa shape index (κ1) is 17.8. The van der Waals surface area contributed by atoms with Crippen LogP contribution in [-0.4, -0.2) is 37.0 Å². The highest BCUT2D eigenvalue weighted by atomic mass is 79.9. The van der Waals surface area contributed by atoms with E-state index >= 15 is 0 Å². The molecule has 0 bridgehead atoms. The predicted molar refractivity (Wildman–Crippen MR) is 109 cm³/mol. The molecule has 6 heteroatoms. The van der Waals surface area contributed by atoms with Crippen molar-refractivity contribution in [3.63, 3.8) is 0 Å². The Morgan fingerprint density at radius 2 is 1.70 bits per heavy atom. The van der Waals surface area contributed by atoms with Crippen LogP contribution in [0.5, 0.6) is 0 Å². The molecule has 1 aliphatic heterocycles. The van der Waals surface area contributed by atoms with E-state index in [-0.39, 0.29) is 11.5 Å². The van der Waals surface area contributed by atoms with Gasteiger partial charge in [-0.05, 0) is 43.3 Å². The van der Waals surface area contributed by atoms with Crippen molar-refractivity contribution >= 4 is 38.5 Å². The quantitative estimate of drug-likeness (QED) is 0.584. The van der Waals surface area contributed by atoms with E-state index in [2.05, 4.69) is 52.0 Å². The summed E-state index contributed by atoms with van der Waals surface area (Å²) in [7, 11) is 0. The lowest BCUT2D eigenvalue weighted by Gasteiger charge is -2.36. The highest BCUT2D eigenvalue weighted by Gasteiger charge is 2.25. The van der Waals surface area contributed by atoms with Crippen LogP contribution in [0.25, 0.3) is 11.0 Å². The number of aryl methyl sites for hydroxylation is 1. The molecule has 0 atom stereocenters. The topological polar surface area (TPSA) is 53.8 Å². The van der Waals surface area contributed by atoms with Gasteiger partial charge in [0.05, 0.1) is 0 Å². The summed E-state index contributed by atoms with van der Waals surface area (Å²) in [4.78, 5) is 29.1. The van der Waals surface area contributed by atoms with Gasteiger partial charge < -0.3 is 14.2 Å². The molecule has 0 unspecified atom stereocenters. The largest absolute Gasteiger partial charge is 0.422 e. The Hall–Kier alpha value is -2.60. The maximum absolute atomic E-state index is 12.9. The Bertz CT molecular complexity index is 1050. The molecule has 2 aromatic carbocycles. The van der Waals surface area contributed by atoms with Gasteiger partial charge in [-0.25, -0.2) is 4.79 Å². The van der Waals surface area contributed by atoms with Crippen molar-refractivity contribution in [2.75, 3.05) is 31.1 Å². The average Bonchev–Trinajstić information content (AvgIpc) is 2.68. The lowest BCUT2D eigenvalue weighted by atomic mass is 10.1. The number of hydrogen-bond donors (Lipinski definition) is 0. The number of rotatable bonds is 2. The van der Waals surface area contributed by atoms with E-state index in [0.717, 1.165) is 28.6 Å². The van der Waals surface area contributed by atoms with Crippen LogP contribution < -0.4 is 10.5 Å². The average molecular weight is 427 g/mol.